The highest BCUT2D eigenvalue weighted by molar-refractivity contribution is 5.26. The zero-order chi connectivity index (χ0) is 18.8. The smallest absolute Gasteiger partial charge is 0.106 e. The van der Waals surface area contributed by atoms with Crippen molar-refractivity contribution in [2.75, 3.05) is 13.1 Å². The lowest BCUT2D eigenvalue weighted by Crippen LogP contribution is -2.33. The molecule has 2 saturated heterocycles. The van der Waals surface area contributed by atoms with Crippen LogP contribution in [0.25, 0.3) is 0 Å². The second-order valence-electron chi connectivity index (χ2n) is 8.68. The number of rotatable bonds is 6. The zero-order valence-electron chi connectivity index (χ0n) is 17.3. The van der Waals surface area contributed by atoms with E-state index in [1.54, 1.807) is 0 Å². The fourth-order valence-corrected chi connectivity index (χ4v) is 3.67. The predicted octanol–water partition coefficient (Wildman–Crippen LogP) is 5.13. The second kappa shape index (κ2) is 8.39. The van der Waals surface area contributed by atoms with Gasteiger partial charge in [-0.25, -0.2) is 0 Å². The molecule has 4 atom stereocenters. The van der Waals surface area contributed by atoms with E-state index in [0.29, 0.717) is 23.9 Å². The van der Waals surface area contributed by atoms with Gasteiger partial charge in [0.25, 0.3) is 0 Å². The van der Waals surface area contributed by atoms with Crippen molar-refractivity contribution < 1.29 is 9.68 Å². The van der Waals surface area contributed by atoms with Crippen LogP contribution in [0, 0.1) is 11.8 Å². The van der Waals surface area contributed by atoms with E-state index in [-0.39, 0.29) is 12.2 Å². The van der Waals surface area contributed by atoms with Crippen molar-refractivity contribution in [3.63, 3.8) is 0 Å². The molecular weight excluding hydrogens is 324 g/mol. The summed E-state index contributed by atoms with van der Waals surface area (Å²) in [5, 5.41) is 4.32. The Labute approximate surface area is 159 Å². The van der Waals surface area contributed by atoms with Gasteiger partial charge in [0.15, 0.2) is 0 Å². The first-order valence-electron chi connectivity index (χ1n) is 10.3. The average molecular weight is 361 g/mol. The molecular formula is C22H36N2O2. The Morgan fingerprint density at radius 3 is 1.35 bits per heavy atom. The van der Waals surface area contributed by atoms with E-state index < -0.39 is 0 Å². The van der Waals surface area contributed by atoms with Crippen LogP contribution in [-0.4, -0.2) is 35.3 Å². The summed E-state index contributed by atoms with van der Waals surface area (Å²) in [5.74, 6) is 1.21. The molecule has 26 heavy (non-hydrogen) atoms. The molecule has 0 aliphatic carbocycles. The van der Waals surface area contributed by atoms with Gasteiger partial charge in [-0.05, 0) is 49.7 Å². The van der Waals surface area contributed by atoms with Crippen LogP contribution >= 0.6 is 0 Å². The predicted molar refractivity (Wildman–Crippen MR) is 105 cm³/mol. The molecule has 1 aromatic rings. The van der Waals surface area contributed by atoms with Gasteiger partial charge in [0.05, 0.1) is 0 Å². The van der Waals surface area contributed by atoms with Crippen LogP contribution in [-0.2, 0) is 9.68 Å². The Hall–Kier alpha value is -0.940. The molecule has 3 rings (SSSR count). The van der Waals surface area contributed by atoms with Crippen molar-refractivity contribution in [1.29, 1.82) is 0 Å². The number of nitrogens with zero attached hydrogens (tertiary/aromatic N) is 2. The van der Waals surface area contributed by atoms with Gasteiger partial charge in [0.2, 0.25) is 0 Å². The van der Waals surface area contributed by atoms with Crippen LogP contribution in [0.1, 0.15) is 77.7 Å². The Morgan fingerprint density at radius 1 is 0.692 bits per heavy atom. The maximum absolute atomic E-state index is 6.20. The molecule has 2 fully saturated rings. The summed E-state index contributed by atoms with van der Waals surface area (Å²) >= 11 is 0. The third-order valence-corrected chi connectivity index (χ3v) is 6.27. The maximum atomic E-state index is 6.20. The van der Waals surface area contributed by atoms with E-state index in [1.807, 2.05) is 0 Å². The van der Waals surface area contributed by atoms with Crippen LogP contribution in [0.5, 0.6) is 0 Å². The summed E-state index contributed by atoms with van der Waals surface area (Å²) < 4.78 is 0. The largest absolute Gasteiger partial charge is 0.291 e. The standard InChI is InChI=1S/C22H36N2O2/c1-15(2)17(5)23-13-11-21(25-23)19-7-9-20(10-8-19)22-12-14-24(26-22)18(6)16(3)4/h7-10,15-18,21-22H,11-14H2,1-6H3. The molecule has 0 saturated carbocycles. The Balaban J connectivity index is 1.58. The second-order valence-corrected chi connectivity index (χ2v) is 8.68. The van der Waals surface area contributed by atoms with Crippen molar-refractivity contribution in [3.8, 4) is 0 Å². The van der Waals surface area contributed by atoms with Gasteiger partial charge in [-0.15, -0.1) is 0 Å². The van der Waals surface area contributed by atoms with Gasteiger partial charge in [0, 0.05) is 25.2 Å². The Morgan fingerprint density at radius 2 is 1.04 bits per heavy atom. The fourth-order valence-electron chi connectivity index (χ4n) is 3.67. The number of hydroxylamine groups is 4. The minimum atomic E-state index is 0.187. The first-order chi connectivity index (χ1) is 12.4. The maximum Gasteiger partial charge on any atom is 0.106 e. The molecule has 4 unspecified atom stereocenters. The van der Waals surface area contributed by atoms with Gasteiger partial charge in [-0.1, -0.05) is 52.0 Å². The molecule has 2 aliphatic rings. The first-order valence-corrected chi connectivity index (χ1v) is 10.3. The highest BCUT2D eigenvalue weighted by Crippen LogP contribution is 2.35. The van der Waals surface area contributed by atoms with Crippen molar-refractivity contribution in [3.05, 3.63) is 35.4 Å². The molecule has 2 aliphatic heterocycles. The Bertz CT molecular complexity index is 521. The molecule has 146 valence electrons. The van der Waals surface area contributed by atoms with Gasteiger partial charge in [-0.3, -0.25) is 9.68 Å². The van der Waals surface area contributed by atoms with Crippen LogP contribution in [0.15, 0.2) is 24.3 Å². The summed E-state index contributed by atoms with van der Waals surface area (Å²) in [5.41, 5.74) is 2.55. The van der Waals surface area contributed by atoms with Crippen molar-refractivity contribution in [1.82, 2.24) is 10.1 Å². The first kappa shape index (κ1) is 19.8. The van der Waals surface area contributed by atoms with Crippen molar-refractivity contribution in [2.24, 2.45) is 11.8 Å². The van der Waals surface area contributed by atoms with E-state index in [0.717, 1.165) is 25.9 Å². The average Bonchev–Trinajstić information content (AvgIpc) is 3.30. The van der Waals surface area contributed by atoms with E-state index in [9.17, 15) is 0 Å². The van der Waals surface area contributed by atoms with E-state index >= 15 is 0 Å². The highest BCUT2D eigenvalue weighted by Gasteiger charge is 2.31. The van der Waals surface area contributed by atoms with E-state index in [4.69, 9.17) is 9.68 Å². The molecule has 0 radical (unpaired) electrons. The van der Waals surface area contributed by atoms with Crippen molar-refractivity contribution >= 4 is 0 Å². The molecule has 4 heteroatoms. The molecule has 0 N–H and O–H groups in total. The monoisotopic (exact) mass is 360 g/mol. The minimum Gasteiger partial charge on any atom is -0.291 e. The molecule has 4 nitrogen and oxygen atoms in total. The summed E-state index contributed by atoms with van der Waals surface area (Å²) in [6.45, 7) is 15.5. The molecule has 0 amide bonds. The van der Waals surface area contributed by atoms with Crippen LogP contribution in [0.4, 0.5) is 0 Å². The quantitative estimate of drug-likeness (QED) is 0.702. The minimum absolute atomic E-state index is 0.187. The lowest BCUT2D eigenvalue weighted by atomic mass is 10.0. The highest BCUT2D eigenvalue weighted by atomic mass is 16.7. The zero-order valence-corrected chi connectivity index (χ0v) is 17.3. The van der Waals surface area contributed by atoms with E-state index in [2.05, 4.69) is 75.9 Å². The fraction of sp³-hybridized carbons (Fsp3) is 0.727. The number of hydrogen-bond acceptors (Lipinski definition) is 4. The molecule has 1 aromatic carbocycles. The van der Waals surface area contributed by atoms with Crippen LogP contribution in [0.3, 0.4) is 0 Å². The summed E-state index contributed by atoms with van der Waals surface area (Å²) in [7, 11) is 0. The SMILES string of the molecule is CC(C)C(C)N1CCC(c2ccc(C3CCN(C(C)C(C)C)O3)cc2)O1. The van der Waals surface area contributed by atoms with Crippen LogP contribution in [0.2, 0.25) is 0 Å². The van der Waals surface area contributed by atoms with Gasteiger partial charge < -0.3 is 0 Å². The molecule has 0 aromatic heterocycles. The lowest BCUT2D eigenvalue weighted by molar-refractivity contribution is -0.179. The topological polar surface area (TPSA) is 24.9 Å². The summed E-state index contributed by atoms with van der Waals surface area (Å²) in [6, 6.07) is 9.81. The van der Waals surface area contributed by atoms with Gasteiger partial charge >= 0.3 is 0 Å². The number of benzene rings is 1. The van der Waals surface area contributed by atoms with Gasteiger partial charge in [0.1, 0.15) is 12.2 Å². The molecule has 0 spiro atoms. The van der Waals surface area contributed by atoms with Gasteiger partial charge in [-0.2, -0.15) is 10.1 Å². The third kappa shape index (κ3) is 4.30. The molecule has 2 heterocycles. The van der Waals surface area contributed by atoms with E-state index in [1.165, 1.54) is 11.1 Å². The Kier molecular flexibility index (Phi) is 6.39. The normalized spacial score (nSPS) is 27.5. The summed E-state index contributed by atoms with van der Waals surface area (Å²) in [4.78, 5) is 12.4. The molecule has 0 bridgehead atoms. The van der Waals surface area contributed by atoms with Crippen LogP contribution < -0.4 is 0 Å². The number of hydrogen-bond donors (Lipinski definition) is 0. The third-order valence-electron chi connectivity index (χ3n) is 6.27. The van der Waals surface area contributed by atoms with Crippen molar-refractivity contribution in [2.45, 2.75) is 78.7 Å². The lowest BCUT2D eigenvalue weighted by Gasteiger charge is -2.27. The summed E-state index contributed by atoms with van der Waals surface area (Å²) in [6.07, 6.45) is 2.51.